The molecular weight excluding hydrogens is 300 g/mol. The molecule has 0 saturated carbocycles. The molecule has 0 aliphatic heterocycles. The highest BCUT2D eigenvalue weighted by atomic mass is 16.5. The van der Waals surface area contributed by atoms with Gasteiger partial charge in [0.1, 0.15) is 5.69 Å². The van der Waals surface area contributed by atoms with Gasteiger partial charge in [-0.3, -0.25) is 4.79 Å². The Morgan fingerprint density at radius 3 is 2.38 bits per heavy atom. The smallest absolute Gasteiger partial charge is 0.305 e. The van der Waals surface area contributed by atoms with E-state index in [2.05, 4.69) is 30.8 Å². The van der Waals surface area contributed by atoms with Gasteiger partial charge in [-0.1, -0.05) is 50.1 Å². The molecule has 4 heteroatoms. The van der Waals surface area contributed by atoms with Crippen molar-refractivity contribution in [2.75, 3.05) is 7.11 Å². The van der Waals surface area contributed by atoms with Gasteiger partial charge in [0.2, 0.25) is 5.69 Å². The Morgan fingerprint density at radius 2 is 1.67 bits per heavy atom. The van der Waals surface area contributed by atoms with Gasteiger partial charge < -0.3 is 4.74 Å². The van der Waals surface area contributed by atoms with E-state index in [4.69, 9.17) is 5.10 Å². The van der Waals surface area contributed by atoms with Crippen LogP contribution in [0, 0.1) is 0 Å². The van der Waals surface area contributed by atoms with Crippen LogP contribution in [0.1, 0.15) is 82.5 Å². The van der Waals surface area contributed by atoms with Crippen LogP contribution in [0.15, 0.2) is 12.1 Å². The number of nitrogens with zero attached hydrogens (tertiary/aromatic N) is 2. The standard InChI is InChI=1S/C20H35N2O2/c1-4-5-6-10-13-18-16-17-19(22(2)21-18)14-11-8-7-9-12-15-20(23)24-3/h16-17H,4-15H2,1-3H3/q+1. The van der Waals surface area contributed by atoms with Crippen molar-refractivity contribution in [1.82, 2.24) is 5.10 Å². The molecular formula is C20H35N2O2+. The summed E-state index contributed by atoms with van der Waals surface area (Å²) in [5.41, 5.74) is 2.52. The van der Waals surface area contributed by atoms with Crippen LogP contribution < -0.4 is 4.68 Å². The van der Waals surface area contributed by atoms with E-state index in [9.17, 15) is 4.79 Å². The van der Waals surface area contributed by atoms with Crippen molar-refractivity contribution in [3.63, 3.8) is 0 Å². The summed E-state index contributed by atoms with van der Waals surface area (Å²) in [6, 6.07) is 4.43. The average Bonchev–Trinajstić information content (AvgIpc) is 2.59. The quantitative estimate of drug-likeness (QED) is 0.310. The Labute approximate surface area is 147 Å². The number of hydrogen-bond acceptors (Lipinski definition) is 3. The number of aromatic nitrogens is 2. The maximum absolute atomic E-state index is 11.0. The van der Waals surface area contributed by atoms with E-state index in [1.807, 2.05) is 4.68 Å². The van der Waals surface area contributed by atoms with E-state index in [1.165, 1.54) is 63.4 Å². The molecule has 0 aromatic carbocycles. The molecule has 0 saturated heterocycles. The molecule has 0 fully saturated rings. The third-order valence-corrected chi connectivity index (χ3v) is 4.49. The summed E-state index contributed by atoms with van der Waals surface area (Å²) < 4.78 is 6.69. The van der Waals surface area contributed by atoms with Gasteiger partial charge in [-0.05, 0) is 36.8 Å². The molecule has 0 atom stereocenters. The lowest BCUT2D eigenvalue weighted by atomic mass is 10.1. The van der Waals surface area contributed by atoms with Crippen LogP contribution in [-0.2, 0) is 29.4 Å². The van der Waals surface area contributed by atoms with E-state index in [0.29, 0.717) is 6.42 Å². The van der Waals surface area contributed by atoms with Gasteiger partial charge in [-0.25, -0.2) is 0 Å². The first-order valence-corrected chi connectivity index (χ1v) is 9.59. The summed E-state index contributed by atoms with van der Waals surface area (Å²) >= 11 is 0. The largest absolute Gasteiger partial charge is 0.469 e. The fourth-order valence-corrected chi connectivity index (χ4v) is 2.91. The molecule has 0 bridgehead atoms. The number of aryl methyl sites for hydroxylation is 3. The third-order valence-electron chi connectivity index (χ3n) is 4.49. The Kier molecular flexibility index (Phi) is 11.1. The molecule has 1 aromatic rings. The molecule has 1 heterocycles. The zero-order valence-electron chi connectivity index (χ0n) is 15.9. The molecule has 0 radical (unpaired) electrons. The summed E-state index contributed by atoms with van der Waals surface area (Å²) in [6.07, 6.45) is 13.5. The molecule has 4 nitrogen and oxygen atoms in total. The first-order chi connectivity index (χ1) is 11.7. The fraction of sp³-hybridized carbons (Fsp3) is 0.750. The SMILES string of the molecule is CCCCCCc1ccc(CCCCCCCC(=O)OC)[n+](C)n1. The fourth-order valence-electron chi connectivity index (χ4n) is 2.91. The summed E-state index contributed by atoms with van der Waals surface area (Å²) in [6.45, 7) is 2.24. The predicted molar refractivity (Wildman–Crippen MR) is 96.7 cm³/mol. The predicted octanol–water partition coefficient (Wildman–Crippen LogP) is 4.09. The van der Waals surface area contributed by atoms with Crippen molar-refractivity contribution in [1.29, 1.82) is 0 Å². The maximum atomic E-state index is 11.0. The van der Waals surface area contributed by atoms with E-state index >= 15 is 0 Å². The van der Waals surface area contributed by atoms with Gasteiger partial charge in [0.25, 0.3) is 0 Å². The van der Waals surface area contributed by atoms with Crippen LogP contribution in [0.4, 0.5) is 0 Å². The number of methoxy groups -OCH3 is 1. The van der Waals surface area contributed by atoms with Crippen molar-refractivity contribution in [2.45, 2.75) is 84.0 Å². The van der Waals surface area contributed by atoms with Gasteiger partial charge >= 0.3 is 5.97 Å². The summed E-state index contributed by atoms with van der Waals surface area (Å²) in [5.74, 6) is -0.0946. The van der Waals surface area contributed by atoms with Crippen molar-refractivity contribution in [2.24, 2.45) is 7.05 Å². The van der Waals surface area contributed by atoms with E-state index in [1.54, 1.807) is 0 Å². The van der Waals surface area contributed by atoms with E-state index in [-0.39, 0.29) is 5.97 Å². The molecule has 0 unspecified atom stereocenters. The maximum Gasteiger partial charge on any atom is 0.305 e. The minimum Gasteiger partial charge on any atom is -0.469 e. The Bertz CT molecular complexity index is 475. The molecule has 24 heavy (non-hydrogen) atoms. The second-order valence-corrected chi connectivity index (χ2v) is 6.59. The van der Waals surface area contributed by atoms with Crippen LogP contribution in [-0.4, -0.2) is 18.2 Å². The summed E-state index contributed by atoms with van der Waals surface area (Å²) in [5, 5.41) is 4.69. The van der Waals surface area contributed by atoms with E-state index < -0.39 is 0 Å². The lowest BCUT2D eigenvalue weighted by Gasteiger charge is -2.03. The average molecular weight is 336 g/mol. The zero-order valence-corrected chi connectivity index (χ0v) is 15.9. The number of esters is 1. The second-order valence-electron chi connectivity index (χ2n) is 6.59. The number of carbonyl (C=O) groups is 1. The molecule has 1 rings (SSSR count). The van der Waals surface area contributed by atoms with Crippen molar-refractivity contribution < 1.29 is 14.2 Å². The van der Waals surface area contributed by atoms with Crippen LogP contribution in [0.25, 0.3) is 0 Å². The number of unbranched alkanes of at least 4 members (excludes halogenated alkanes) is 7. The molecule has 0 aliphatic rings. The molecule has 136 valence electrons. The Balaban J connectivity index is 2.17. The summed E-state index contributed by atoms with van der Waals surface area (Å²) in [7, 11) is 3.51. The molecule has 0 amide bonds. The van der Waals surface area contributed by atoms with Gasteiger partial charge in [0.15, 0.2) is 7.05 Å². The molecule has 0 N–H and O–H groups in total. The molecule has 1 aromatic heterocycles. The minimum atomic E-state index is -0.0946. The van der Waals surface area contributed by atoms with Gasteiger partial charge in [0.05, 0.1) is 7.11 Å². The van der Waals surface area contributed by atoms with Crippen molar-refractivity contribution in [3.05, 3.63) is 23.5 Å². The normalized spacial score (nSPS) is 10.8. The Morgan fingerprint density at radius 1 is 1.00 bits per heavy atom. The lowest BCUT2D eigenvalue weighted by molar-refractivity contribution is -0.738. The monoisotopic (exact) mass is 335 g/mol. The first-order valence-electron chi connectivity index (χ1n) is 9.59. The van der Waals surface area contributed by atoms with E-state index in [0.717, 1.165) is 25.7 Å². The second kappa shape index (κ2) is 12.9. The van der Waals surface area contributed by atoms with Crippen LogP contribution in [0.3, 0.4) is 0 Å². The number of hydrogen-bond donors (Lipinski definition) is 0. The topological polar surface area (TPSA) is 43.1 Å². The first kappa shape index (κ1) is 20.6. The van der Waals surface area contributed by atoms with Crippen LogP contribution in [0.5, 0.6) is 0 Å². The van der Waals surface area contributed by atoms with Crippen LogP contribution in [0.2, 0.25) is 0 Å². The van der Waals surface area contributed by atoms with Crippen molar-refractivity contribution >= 4 is 5.97 Å². The summed E-state index contributed by atoms with van der Waals surface area (Å²) in [4.78, 5) is 11.0. The number of rotatable bonds is 13. The van der Waals surface area contributed by atoms with Gasteiger partial charge in [0, 0.05) is 18.9 Å². The number of ether oxygens (including phenoxy) is 1. The highest BCUT2D eigenvalue weighted by Crippen LogP contribution is 2.09. The molecule has 0 spiro atoms. The molecule has 0 aliphatic carbocycles. The highest BCUT2D eigenvalue weighted by molar-refractivity contribution is 5.68. The highest BCUT2D eigenvalue weighted by Gasteiger charge is 2.09. The third kappa shape index (κ3) is 8.99. The minimum absolute atomic E-state index is 0.0946. The number of carbonyl (C=O) groups excluding carboxylic acids is 1. The van der Waals surface area contributed by atoms with Gasteiger partial charge in [-0.2, -0.15) is 0 Å². The van der Waals surface area contributed by atoms with Crippen LogP contribution >= 0.6 is 0 Å². The Hall–Kier alpha value is -1.45. The van der Waals surface area contributed by atoms with Gasteiger partial charge in [-0.15, -0.1) is 0 Å². The van der Waals surface area contributed by atoms with Crippen molar-refractivity contribution in [3.8, 4) is 0 Å². The zero-order chi connectivity index (χ0) is 17.6. The lowest BCUT2D eigenvalue weighted by Crippen LogP contribution is -2.38.